The molecule has 2 aromatic heterocycles. The summed E-state index contributed by atoms with van der Waals surface area (Å²) in [5, 5.41) is 21.7. The quantitative estimate of drug-likeness (QED) is 0.403. The van der Waals surface area contributed by atoms with Gasteiger partial charge in [0.15, 0.2) is 5.82 Å². The third-order valence-electron chi connectivity index (χ3n) is 4.88. The molecule has 164 valence electrons. The number of hydrogen-bond acceptors (Lipinski definition) is 7. The highest BCUT2D eigenvalue weighted by Gasteiger charge is 2.15. The Morgan fingerprint density at radius 1 is 1.03 bits per heavy atom. The molecule has 0 saturated heterocycles. The second kappa shape index (κ2) is 8.76. The number of amides is 1. The van der Waals surface area contributed by atoms with E-state index in [1.807, 2.05) is 6.07 Å². The zero-order valence-electron chi connectivity index (χ0n) is 17.4. The van der Waals surface area contributed by atoms with Crippen molar-refractivity contribution in [3.63, 3.8) is 0 Å². The summed E-state index contributed by atoms with van der Waals surface area (Å²) in [6, 6.07) is 19.4. The summed E-state index contributed by atoms with van der Waals surface area (Å²) in [6.45, 7) is 0. The predicted octanol–water partition coefficient (Wildman–Crippen LogP) is 4.47. The number of carbonyl (C=O) groups excluding carboxylic acids is 1. The van der Waals surface area contributed by atoms with Gasteiger partial charge in [-0.2, -0.15) is 5.26 Å². The molecule has 5 rings (SSSR count). The Labute approximate surface area is 191 Å². The lowest BCUT2D eigenvalue weighted by atomic mass is 10.1. The number of aromatic amines is 1. The maximum absolute atomic E-state index is 14.4. The standard InChI is InChI=1S/C24H14FN7O2/c25-20-10-3-15(22-27-13-21-23(29-22)31-32-30-21)11-19(20)24(33)28-16-4-8-18(9-5-16)34-17-6-1-14(12-26)2-7-17/h1-11,13H,(H,28,33)(H,27,29,30,31,32). The third kappa shape index (κ3) is 4.26. The predicted molar refractivity (Wildman–Crippen MR) is 120 cm³/mol. The van der Waals surface area contributed by atoms with E-state index in [1.54, 1.807) is 48.5 Å². The van der Waals surface area contributed by atoms with E-state index in [-0.39, 0.29) is 5.56 Å². The number of halogens is 1. The summed E-state index contributed by atoms with van der Waals surface area (Å²) >= 11 is 0. The Kier molecular flexibility index (Phi) is 5.34. The molecular weight excluding hydrogens is 437 g/mol. The Bertz CT molecular complexity index is 1540. The van der Waals surface area contributed by atoms with Crippen molar-refractivity contribution in [1.29, 1.82) is 5.26 Å². The van der Waals surface area contributed by atoms with Gasteiger partial charge in [0, 0.05) is 11.3 Å². The van der Waals surface area contributed by atoms with Crippen LogP contribution >= 0.6 is 0 Å². The largest absolute Gasteiger partial charge is 0.457 e. The first-order valence-corrected chi connectivity index (χ1v) is 10.0. The molecule has 0 spiro atoms. The van der Waals surface area contributed by atoms with Gasteiger partial charge in [-0.15, -0.1) is 5.10 Å². The number of nitrogens with one attached hydrogen (secondary N) is 2. The van der Waals surface area contributed by atoms with Crippen LogP contribution in [0.15, 0.2) is 72.9 Å². The molecule has 3 aromatic carbocycles. The van der Waals surface area contributed by atoms with Crippen molar-refractivity contribution in [2.45, 2.75) is 0 Å². The topological polar surface area (TPSA) is 129 Å². The van der Waals surface area contributed by atoms with Crippen molar-refractivity contribution in [2.75, 3.05) is 5.32 Å². The normalized spacial score (nSPS) is 10.6. The molecule has 1 amide bonds. The van der Waals surface area contributed by atoms with Crippen molar-refractivity contribution in [3.8, 4) is 29.0 Å². The highest BCUT2D eigenvalue weighted by Crippen LogP contribution is 2.25. The molecule has 2 heterocycles. The van der Waals surface area contributed by atoms with Gasteiger partial charge in [0.2, 0.25) is 5.65 Å². The van der Waals surface area contributed by atoms with E-state index in [2.05, 4.69) is 30.7 Å². The fourth-order valence-corrected chi connectivity index (χ4v) is 3.17. The molecule has 10 heteroatoms. The van der Waals surface area contributed by atoms with Crippen molar-refractivity contribution in [2.24, 2.45) is 0 Å². The molecule has 0 unspecified atom stereocenters. The van der Waals surface area contributed by atoms with E-state index in [0.29, 0.717) is 45.3 Å². The van der Waals surface area contributed by atoms with Crippen LogP contribution in [0.4, 0.5) is 10.1 Å². The Morgan fingerprint density at radius 2 is 1.76 bits per heavy atom. The number of nitriles is 1. The third-order valence-corrected chi connectivity index (χ3v) is 4.88. The van der Waals surface area contributed by atoms with Crippen molar-refractivity contribution < 1.29 is 13.9 Å². The molecule has 0 fully saturated rings. The summed E-state index contributed by atoms with van der Waals surface area (Å²) < 4.78 is 20.2. The number of anilines is 1. The summed E-state index contributed by atoms with van der Waals surface area (Å²) in [5.41, 5.74) is 2.23. The van der Waals surface area contributed by atoms with Crippen LogP contribution in [0.5, 0.6) is 11.5 Å². The first-order valence-electron chi connectivity index (χ1n) is 10.0. The zero-order valence-corrected chi connectivity index (χ0v) is 17.4. The number of carbonyl (C=O) groups is 1. The van der Waals surface area contributed by atoms with Gasteiger partial charge in [-0.25, -0.2) is 14.4 Å². The SMILES string of the molecule is N#Cc1ccc(Oc2ccc(NC(=O)c3cc(-c4ncc5[nH]nnc5n4)ccc3F)cc2)cc1. The van der Waals surface area contributed by atoms with Crippen LogP contribution < -0.4 is 10.1 Å². The van der Waals surface area contributed by atoms with Crippen LogP contribution in [0.1, 0.15) is 15.9 Å². The molecule has 2 N–H and O–H groups in total. The molecule has 0 radical (unpaired) electrons. The average Bonchev–Trinajstić information content (AvgIpc) is 3.34. The van der Waals surface area contributed by atoms with E-state index in [9.17, 15) is 9.18 Å². The second-order valence-electron chi connectivity index (χ2n) is 7.15. The smallest absolute Gasteiger partial charge is 0.258 e. The summed E-state index contributed by atoms with van der Waals surface area (Å²) in [4.78, 5) is 21.2. The Morgan fingerprint density at radius 3 is 2.50 bits per heavy atom. The molecule has 0 atom stereocenters. The van der Waals surface area contributed by atoms with Gasteiger partial charge in [0.1, 0.15) is 22.8 Å². The molecule has 9 nitrogen and oxygen atoms in total. The number of ether oxygens (including phenoxy) is 1. The molecular formula is C24H14FN7O2. The lowest BCUT2D eigenvalue weighted by molar-refractivity contribution is 0.102. The summed E-state index contributed by atoms with van der Waals surface area (Å²) in [7, 11) is 0. The lowest BCUT2D eigenvalue weighted by Gasteiger charge is -2.09. The highest BCUT2D eigenvalue weighted by molar-refractivity contribution is 6.05. The van der Waals surface area contributed by atoms with Crippen LogP contribution in [0.25, 0.3) is 22.6 Å². The van der Waals surface area contributed by atoms with E-state index in [4.69, 9.17) is 10.00 Å². The number of rotatable bonds is 5. The minimum Gasteiger partial charge on any atom is -0.457 e. The number of fused-ring (bicyclic) bond motifs is 1. The van der Waals surface area contributed by atoms with Gasteiger partial charge >= 0.3 is 0 Å². The molecule has 0 bridgehead atoms. The molecule has 0 saturated carbocycles. The summed E-state index contributed by atoms with van der Waals surface area (Å²) in [6.07, 6.45) is 1.52. The number of hydrogen-bond donors (Lipinski definition) is 2. The minimum absolute atomic E-state index is 0.153. The minimum atomic E-state index is -0.676. The number of H-pyrrole nitrogens is 1. The molecule has 34 heavy (non-hydrogen) atoms. The molecule has 5 aromatic rings. The van der Waals surface area contributed by atoms with Crippen LogP contribution in [-0.4, -0.2) is 31.3 Å². The zero-order chi connectivity index (χ0) is 23.5. The average molecular weight is 451 g/mol. The van der Waals surface area contributed by atoms with Gasteiger partial charge < -0.3 is 10.1 Å². The Balaban J connectivity index is 1.31. The van der Waals surface area contributed by atoms with Gasteiger partial charge in [-0.1, -0.05) is 5.21 Å². The van der Waals surface area contributed by atoms with Crippen molar-refractivity contribution >= 4 is 22.8 Å². The monoisotopic (exact) mass is 451 g/mol. The van der Waals surface area contributed by atoms with Crippen molar-refractivity contribution in [1.82, 2.24) is 25.4 Å². The first-order chi connectivity index (χ1) is 16.6. The van der Waals surface area contributed by atoms with E-state index in [1.165, 1.54) is 24.4 Å². The van der Waals surface area contributed by atoms with Crippen LogP contribution in [-0.2, 0) is 0 Å². The Hall–Kier alpha value is -5.17. The summed E-state index contributed by atoms with van der Waals surface area (Å²) in [5.74, 6) is 0.101. The molecule has 0 aliphatic rings. The van der Waals surface area contributed by atoms with Crippen LogP contribution in [0.3, 0.4) is 0 Å². The van der Waals surface area contributed by atoms with E-state index < -0.39 is 11.7 Å². The lowest BCUT2D eigenvalue weighted by Crippen LogP contribution is -2.14. The maximum Gasteiger partial charge on any atom is 0.258 e. The van der Waals surface area contributed by atoms with Crippen LogP contribution in [0.2, 0.25) is 0 Å². The fourth-order valence-electron chi connectivity index (χ4n) is 3.17. The van der Waals surface area contributed by atoms with Crippen molar-refractivity contribution in [3.05, 3.63) is 89.9 Å². The second-order valence-corrected chi connectivity index (χ2v) is 7.15. The highest BCUT2D eigenvalue weighted by atomic mass is 19.1. The first kappa shape index (κ1) is 20.7. The van der Waals surface area contributed by atoms with Gasteiger partial charge in [0.25, 0.3) is 5.91 Å². The number of aromatic nitrogens is 5. The van der Waals surface area contributed by atoms with E-state index in [0.717, 1.165) is 0 Å². The van der Waals surface area contributed by atoms with Gasteiger partial charge in [0.05, 0.1) is 23.4 Å². The molecule has 0 aliphatic carbocycles. The fraction of sp³-hybridized carbons (Fsp3) is 0. The molecule has 0 aliphatic heterocycles. The maximum atomic E-state index is 14.4. The number of benzene rings is 3. The van der Waals surface area contributed by atoms with Crippen LogP contribution in [0, 0.1) is 17.1 Å². The van der Waals surface area contributed by atoms with Gasteiger partial charge in [-0.05, 0) is 66.7 Å². The van der Waals surface area contributed by atoms with Gasteiger partial charge in [-0.3, -0.25) is 9.89 Å². The number of nitrogens with zero attached hydrogens (tertiary/aromatic N) is 5. The van der Waals surface area contributed by atoms with E-state index >= 15 is 0 Å².